The third-order valence-electron chi connectivity index (χ3n) is 3.86. The van der Waals surface area contributed by atoms with Crippen molar-refractivity contribution in [3.63, 3.8) is 0 Å². The van der Waals surface area contributed by atoms with E-state index in [1.54, 1.807) is 0 Å². The minimum atomic E-state index is -0.119. The smallest absolute Gasteiger partial charge is 0.158 e. The van der Waals surface area contributed by atoms with Crippen LogP contribution in [0.25, 0.3) is 22.0 Å². The highest BCUT2D eigenvalue weighted by Gasteiger charge is 2.21. The minimum absolute atomic E-state index is 0.119. The molecular formula is C15H13ClN4O. The van der Waals surface area contributed by atoms with Crippen molar-refractivity contribution in [3.05, 3.63) is 46.9 Å². The van der Waals surface area contributed by atoms with Crippen LogP contribution in [0, 0.1) is 0 Å². The van der Waals surface area contributed by atoms with E-state index >= 15 is 0 Å². The lowest BCUT2D eigenvalue weighted by molar-refractivity contribution is 0.0926. The molecule has 2 aromatic heterocycles. The molecular weight excluding hydrogens is 288 g/mol. The van der Waals surface area contributed by atoms with Crippen LogP contribution in [0.15, 0.2) is 30.6 Å². The van der Waals surface area contributed by atoms with Crippen molar-refractivity contribution in [3.8, 4) is 11.1 Å². The van der Waals surface area contributed by atoms with Gasteiger partial charge in [0.25, 0.3) is 0 Å². The third kappa shape index (κ3) is 2.01. The molecule has 106 valence electrons. The number of fused-ring (bicyclic) bond motifs is 2. The number of benzene rings is 1. The van der Waals surface area contributed by atoms with E-state index in [0.717, 1.165) is 33.2 Å². The zero-order valence-corrected chi connectivity index (χ0v) is 11.9. The molecule has 0 aliphatic carbocycles. The van der Waals surface area contributed by atoms with Gasteiger partial charge < -0.3 is 10.5 Å². The van der Waals surface area contributed by atoms with E-state index in [-0.39, 0.29) is 6.04 Å². The van der Waals surface area contributed by atoms with Gasteiger partial charge in [0.1, 0.15) is 0 Å². The number of nitrogens with two attached hydrogens (primary N) is 1. The van der Waals surface area contributed by atoms with Gasteiger partial charge in [-0.25, -0.2) is 0 Å². The molecule has 0 radical (unpaired) electrons. The number of H-pyrrole nitrogens is 1. The molecule has 1 aromatic carbocycles. The maximum Gasteiger partial charge on any atom is 0.158 e. The van der Waals surface area contributed by atoms with Crippen LogP contribution in [0.4, 0.5) is 0 Å². The van der Waals surface area contributed by atoms with Crippen LogP contribution in [0.2, 0.25) is 5.15 Å². The second-order valence-electron chi connectivity index (χ2n) is 5.15. The Bertz CT molecular complexity index is 830. The van der Waals surface area contributed by atoms with Crippen LogP contribution >= 0.6 is 11.6 Å². The highest BCUT2D eigenvalue weighted by Crippen LogP contribution is 2.33. The van der Waals surface area contributed by atoms with Crippen LogP contribution < -0.4 is 5.73 Å². The summed E-state index contributed by atoms with van der Waals surface area (Å²) in [6.45, 7) is 1.09. The lowest BCUT2D eigenvalue weighted by Crippen LogP contribution is -2.24. The summed E-state index contributed by atoms with van der Waals surface area (Å²) in [5.74, 6) is 0. The number of hydrogen-bond acceptors (Lipinski definition) is 4. The second kappa shape index (κ2) is 4.80. The van der Waals surface area contributed by atoms with Crippen LogP contribution in [0.5, 0.6) is 0 Å². The Hall–Kier alpha value is -1.95. The molecule has 5 nitrogen and oxygen atoms in total. The zero-order chi connectivity index (χ0) is 14.4. The molecule has 1 atom stereocenters. The minimum Gasteiger partial charge on any atom is -0.375 e. The summed E-state index contributed by atoms with van der Waals surface area (Å²) in [6.07, 6.45) is 3.68. The highest BCUT2D eigenvalue weighted by atomic mass is 35.5. The van der Waals surface area contributed by atoms with Crippen molar-refractivity contribution >= 4 is 22.5 Å². The summed E-state index contributed by atoms with van der Waals surface area (Å²) in [6, 6.07) is 5.87. The summed E-state index contributed by atoms with van der Waals surface area (Å²) in [5.41, 5.74) is 11.2. The Labute approximate surface area is 126 Å². The molecule has 0 saturated carbocycles. The van der Waals surface area contributed by atoms with Gasteiger partial charge in [0, 0.05) is 23.3 Å². The van der Waals surface area contributed by atoms with Gasteiger partial charge in [0.05, 0.1) is 24.8 Å². The first-order valence-corrected chi connectivity index (χ1v) is 7.06. The van der Waals surface area contributed by atoms with Gasteiger partial charge >= 0.3 is 0 Å². The zero-order valence-electron chi connectivity index (χ0n) is 11.1. The Balaban J connectivity index is 1.90. The number of aromatic amines is 1. The van der Waals surface area contributed by atoms with E-state index in [9.17, 15) is 0 Å². The molecule has 0 amide bonds. The highest BCUT2D eigenvalue weighted by molar-refractivity contribution is 6.34. The van der Waals surface area contributed by atoms with E-state index in [1.165, 1.54) is 0 Å². The molecule has 21 heavy (non-hydrogen) atoms. The quantitative estimate of drug-likeness (QED) is 0.724. The number of rotatable bonds is 1. The van der Waals surface area contributed by atoms with Gasteiger partial charge in [-0.05, 0) is 28.8 Å². The van der Waals surface area contributed by atoms with Crippen LogP contribution in [-0.4, -0.2) is 21.8 Å². The van der Waals surface area contributed by atoms with E-state index in [0.29, 0.717) is 18.4 Å². The summed E-state index contributed by atoms with van der Waals surface area (Å²) in [5, 5.41) is 8.33. The molecule has 1 aliphatic rings. The molecule has 1 aliphatic heterocycles. The van der Waals surface area contributed by atoms with E-state index in [4.69, 9.17) is 22.1 Å². The van der Waals surface area contributed by atoms with Gasteiger partial charge in [-0.3, -0.25) is 10.1 Å². The number of nitrogens with one attached hydrogen (secondary N) is 1. The number of halogens is 1. The maximum atomic E-state index is 6.09. The first kappa shape index (κ1) is 12.8. The molecule has 0 fully saturated rings. The Morgan fingerprint density at radius 2 is 2.24 bits per heavy atom. The van der Waals surface area contributed by atoms with Crippen LogP contribution in [0.3, 0.4) is 0 Å². The molecule has 3 heterocycles. The molecule has 3 N–H and O–H groups in total. The van der Waals surface area contributed by atoms with Gasteiger partial charge in [-0.1, -0.05) is 17.7 Å². The summed E-state index contributed by atoms with van der Waals surface area (Å²) >= 11 is 6.01. The Morgan fingerprint density at radius 1 is 1.33 bits per heavy atom. The molecule has 0 spiro atoms. The third-order valence-corrected chi connectivity index (χ3v) is 4.15. The van der Waals surface area contributed by atoms with Gasteiger partial charge in [0.2, 0.25) is 0 Å². The van der Waals surface area contributed by atoms with Crippen molar-refractivity contribution < 1.29 is 4.74 Å². The second-order valence-corrected chi connectivity index (χ2v) is 5.51. The molecule has 1 unspecified atom stereocenters. The standard InChI is InChI=1S/C15H13ClN4O/c16-15-9-2-1-8(3-14(9)19-20-15)10-4-18-5-11-12(10)6-21-7-13(11)17/h1-5,13H,6-7,17H2,(H,19,20). The van der Waals surface area contributed by atoms with Crippen molar-refractivity contribution in [2.24, 2.45) is 5.73 Å². The average molecular weight is 301 g/mol. The molecule has 6 heteroatoms. The van der Waals surface area contributed by atoms with Crippen molar-refractivity contribution in [1.29, 1.82) is 0 Å². The SMILES string of the molecule is NC1COCc2c(-c3ccc4c(Cl)n[nH]c4c3)cncc21. The van der Waals surface area contributed by atoms with Crippen molar-refractivity contribution in [2.75, 3.05) is 6.61 Å². The number of nitrogens with zero attached hydrogens (tertiary/aromatic N) is 2. The fourth-order valence-corrected chi connectivity index (χ4v) is 2.97. The fraction of sp³-hybridized carbons (Fsp3) is 0.200. The molecule has 0 saturated heterocycles. The lowest BCUT2D eigenvalue weighted by Gasteiger charge is -2.24. The predicted molar refractivity (Wildman–Crippen MR) is 80.9 cm³/mol. The van der Waals surface area contributed by atoms with Crippen LogP contribution in [0.1, 0.15) is 17.2 Å². The number of hydrogen-bond donors (Lipinski definition) is 2. The fourth-order valence-electron chi connectivity index (χ4n) is 2.76. The topological polar surface area (TPSA) is 76.8 Å². The first-order valence-electron chi connectivity index (χ1n) is 6.68. The Morgan fingerprint density at radius 3 is 3.14 bits per heavy atom. The predicted octanol–water partition coefficient (Wildman–Crippen LogP) is 2.81. The van der Waals surface area contributed by atoms with Gasteiger partial charge in [-0.15, -0.1) is 0 Å². The van der Waals surface area contributed by atoms with Gasteiger partial charge in [0.15, 0.2) is 5.15 Å². The summed E-state index contributed by atoms with van der Waals surface area (Å²) < 4.78 is 5.57. The number of ether oxygens (including phenoxy) is 1. The lowest BCUT2D eigenvalue weighted by atomic mass is 9.94. The number of aromatic nitrogens is 3. The van der Waals surface area contributed by atoms with E-state index in [2.05, 4.69) is 15.2 Å². The van der Waals surface area contributed by atoms with Crippen LogP contribution in [-0.2, 0) is 11.3 Å². The largest absolute Gasteiger partial charge is 0.375 e. The van der Waals surface area contributed by atoms with Crippen molar-refractivity contribution in [1.82, 2.24) is 15.2 Å². The maximum absolute atomic E-state index is 6.09. The number of pyridine rings is 1. The monoisotopic (exact) mass is 300 g/mol. The first-order chi connectivity index (χ1) is 10.2. The summed E-state index contributed by atoms with van der Waals surface area (Å²) in [4.78, 5) is 4.32. The molecule has 0 bridgehead atoms. The molecule has 4 rings (SSSR count). The molecule has 3 aromatic rings. The summed E-state index contributed by atoms with van der Waals surface area (Å²) in [7, 11) is 0. The van der Waals surface area contributed by atoms with E-state index in [1.807, 2.05) is 30.6 Å². The van der Waals surface area contributed by atoms with Gasteiger partial charge in [-0.2, -0.15) is 5.10 Å². The average Bonchev–Trinajstić information content (AvgIpc) is 2.88. The normalized spacial score (nSPS) is 17.9. The van der Waals surface area contributed by atoms with Crippen molar-refractivity contribution in [2.45, 2.75) is 12.6 Å². The van der Waals surface area contributed by atoms with E-state index < -0.39 is 0 Å². The Kier molecular flexibility index (Phi) is 2.92.